The zero-order valence-corrected chi connectivity index (χ0v) is 49.2. The van der Waals surface area contributed by atoms with E-state index in [4.69, 9.17) is 57.2 Å². The summed E-state index contributed by atoms with van der Waals surface area (Å²) in [5.41, 5.74) is 13.4. The summed E-state index contributed by atoms with van der Waals surface area (Å²) in [6.45, 7) is 6.89. The van der Waals surface area contributed by atoms with Crippen LogP contribution in [-0.2, 0) is 47.7 Å². The molecule has 3 atom stereocenters. The average Bonchev–Trinajstić information content (AvgIpc) is 1.16. The molecular weight excluding hydrogens is 1240 g/mol. The maximum absolute atomic E-state index is 14.6. The van der Waals surface area contributed by atoms with Gasteiger partial charge in [-0.05, 0) is 47.0 Å². The van der Waals surface area contributed by atoms with Gasteiger partial charge < -0.3 is 93.8 Å². The number of halogens is 3. The van der Waals surface area contributed by atoms with Crippen LogP contribution < -0.4 is 54.4 Å². The summed E-state index contributed by atoms with van der Waals surface area (Å²) in [7, 11) is 0. The van der Waals surface area contributed by atoms with Gasteiger partial charge in [-0.3, -0.25) is 39.6 Å². The number of aliphatic imine (C=N–C) groups is 2. The van der Waals surface area contributed by atoms with Gasteiger partial charge in [-0.25, -0.2) is 62.1 Å². The number of aliphatic hydroxyl groups is 2. The number of aliphatic carboxylic acids is 2. The minimum Gasteiger partial charge on any atom is -0.510 e. The average molecular weight is 1300 g/mol. The lowest BCUT2D eigenvalue weighted by Crippen LogP contribution is -2.43. The van der Waals surface area contributed by atoms with Gasteiger partial charge in [-0.1, -0.05) is 0 Å². The number of nitrogens with zero attached hydrogens (tertiary/aromatic N) is 5. The number of ether oxygens (including phenoxy) is 4. The molecule has 0 bridgehead atoms. The van der Waals surface area contributed by atoms with E-state index in [1.165, 1.54) is 0 Å². The molecule has 5 heterocycles. The number of aliphatic hydroxyl groups excluding tert-OH is 2. The maximum Gasteiger partial charge on any atom is 0.328 e. The molecule has 0 fully saturated rings. The quantitative estimate of drug-likeness (QED) is 0.0400. The molecule has 3 aromatic heterocycles. The number of amidine groups is 4. The third-order valence-corrected chi connectivity index (χ3v) is 11.3. The van der Waals surface area contributed by atoms with Crippen LogP contribution in [-0.4, -0.2) is 169 Å². The number of esters is 4. The normalized spacial score (nSPS) is 13.4. The van der Waals surface area contributed by atoms with Crippen LogP contribution in [0.4, 0.5) is 39.8 Å². The van der Waals surface area contributed by atoms with E-state index in [0.717, 1.165) is 36.8 Å². The first kappa shape index (κ1) is 74.4. The number of nitrogens with two attached hydrogens (primary N) is 3. The van der Waals surface area contributed by atoms with Crippen molar-refractivity contribution in [3.63, 3.8) is 0 Å². The van der Waals surface area contributed by atoms with Crippen LogP contribution in [0, 0.1) is 28.3 Å². The van der Waals surface area contributed by atoms with Crippen molar-refractivity contribution in [2.75, 3.05) is 42.8 Å². The molecule has 0 aromatic carbocycles. The molecule has 5 rings (SSSR count). The van der Waals surface area contributed by atoms with Crippen LogP contribution in [0.2, 0.25) is 0 Å². The van der Waals surface area contributed by atoms with Gasteiger partial charge in [0.15, 0.2) is 46.2 Å². The Morgan fingerprint density at radius 3 is 1.20 bits per heavy atom. The van der Waals surface area contributed by atoms with Gasteiger partial charge in [0.25, 0.3) is 17.7 Å². The maximum atomic E-state index is 14.6. The summed E-state index contributed by atoms with van der Waals surface area (Å²) >= 11 is 0. The smallest absolute Gasteiger partial charge is 0.328 e. The van der Waals surface area contributed by atoms with E-state index in [0.29, 0.717) is 0 Å². The number of carbonyl (C=O) groups is 11. The van der Waals surface area contributed by atoms with Gasteiger partial charge in [-0.2, -0.15) is 0 Å². The predicted molar refractivity (Wildman–Crippen MR) is 312 cm³/mol. The lowest BCUT2D eigenvalue weighted by Gasteiger charge is -2.17. The second-order valence-corrected chi connectivity index (χ2v) is 18.3. The van der Waals surface area contributed by atoms with Crippen LogP contribution in [0.1, 0.15) is 111 Å². The molecule has 496 valence electrons. The number of carbonyl (C=O) groups excluding carboxylic acids is 9. The fourth-order valence-corrected chi connectivity index (χ4v) is 7.23. The van der Waals surface area contributed by atoms with Crippen molar-refractivity contribution in [1.29, 1.82) is 10.8 Å². The zero-order valence-electron chi connectivity index (χ0n) is 49.2. The molecule has 7 amide bonds. The molecule has 92 heavy (non-hydrogen) atoms. The number of nitrogen functional groups attached to an aromatic ring is 1. The molecule has 36 nitrogen and oxygen atoms in total. The van der Waals surface area contributed by atoms with Crippen LogP contribution in [0.3, 0.4) is 0 Å². The monoisotopic (exact) mass is 1300 g/mol. The van der Waals surface area contributed by atoms with E-state index in [2.05, 4.69) is 56.8 Å². The van der Waals surface area contributed by atoms with Crippen LogP contribution >= 0.6 is 0 Å². The molecule has 0 saturated heterocycles. The molecule has 0 aliphatic carbocycles. The number of carboxylic acid groups (broad SMARTS) is 2. The Hall–Kier alpha value is -11.8. The first-order valence-corrected chi connectivity index (χ1v) is 27.0. The summed E-state index contributed by atoms with van der Waals surface area (Å²) < 4.78 is 61.9. The molecule has 0 saturated carbocycles. The van der Waals surface area contributed by atoms with Crippen LogP contribution in [0.5, 0.6) is 0 Å². The molecule has 2 aliphatic rings. The van der Waals surface area contributed by atoms with E-state index in [9.17, 15) is 76.1 Å². The number of hydrogen-bond donors (Lipinski definition) is 16. The third-order valence-electron chi connectivity index (χ3n) is 11.3. The van der Waals surface area contributed by atoms with Crippen molar-refractivity contribution in [2.45, 2.75) is 97.2 Å². The number of rotatable bonds is 26. The van der Waals surface area contributed by atoms with Crippen molar-refractivity contribution >= 4 is 106 Å². The van der Waals surface area contributed by atoms with Crippen molar-refractivity contribution in [1.82, 2.24) is 41.5 Å². The highest BCUT2D eigenvalue weighted by molar-refractivity contribution is 6.11. The molecular formula is C53H64F3N17O19. The molecule has 2 aliphatic heterocycles. The van der Waals surface area contributed by atoms with E-state index in [-0.39, 0.29) is 111 Å². The van der Waals surface area contributed by atoms with E-state index in [1.807, 2.05) is 5.32 Å². The van der Waals surface area contributed by atoms with Crippen molar-refractivity contribution in [3.8, 4) is 0 Å². The Kier molecular flexibility index (Phi) is 29.5. The molecule has 0 spiro atoms. The fourth-order valence-electron chi connectivity index (χ4n) is 7.23. The predicted octanol–water partition coefficient (Wildman–Crippen LogP) is 1.56. The van der Waals surface area contributed by atoms with Crippen LogP contribution in [0.25, 0.3) is 0 Å². The summed E-state index contributed by atoms with van der Waals surface area (Å²) in [6.07, 6.45) is 1.23. The highest BCUT2D eigenvalue weighted by Gasteiger charge is 2.30. The number of amides is 7. The van der Waals surface area contributed by atoms with Crippen molar-refractivity contribution < 1.29 is 105 Å². The number of hydrogen-bond acceptors (Lipinski definition) is 25. The van der Waals surface area contributed by atoms with Gasteiger partial charge in [0.2, 0.25) is 0 Å². The summed E-state index contributed by atoms with van der Waals surface area (Å²) in [4.78, 5) is 148. The largest absolute Gasteiger partial charge is 0.510 e. The van der Waals surface area contributed by atoms with Crippen molar-refractivity contribution in [3.05, 3.63) is 94.2 Å². The van der Waals surface area contributed by atoms with Gasteiger partial charge in [-0.15, -0.1) is 0 Å². The Labute approximate surface area is 518 Å². The molecule has 0 radical (unpaired) electrons. The highest BCUT2D eigenvalue weighted by Crippen LogP contribution is 2.18. The number of dihydropyridines is 2. The minimum atomic E-state index is -1.58. The number of carboxylic acids is 2. The van der Waals surface area contributed by atoms with Crippen LogP contribution in [0.15, 0.2) is 69.7 Å². The number of nitrogens with one attached hydrogen (secondary N) is 9. The Bertz CT molecular complexity index is 3470. The van der Waals surface area contributed by atoms with E-state index < -0.39 is 149 Å². The lowest BCUT2D eigenvalue weighted by molar-refractivity contribution is -0.148. The Morgan fingerprint density at radius 2 is 0.870 bits per heavy atom. The fraction of sp³-hybridized carbons (Fsp3) is 0.358. The summed E-state index contributed by atoms with van der Waals surface area (Å²) in [5, 5.41) is 68.0. The summed E-state index contributed by atoms with van der Waals surface area (Å²) in [5.74, 6) is -13.6. The Morgan fingerprint density at radius 1 is 0.522 bits per heavy atom. The molecule has 39 heteroatoms. The second kappa shape index (κ2) is 36.5. The van der Waals surface area contributed by atoms with Gasteiger partial charge in [0.05, 0.1) is 74.9 Å². The SMILES string of the molecule is CCOC(=O)CC[C@H](NC(=O)c1ncc(N)cc1F)C(=O)OCC.CCOC(=O)CC[C@H](NC(=O)c1ncc(NC(=O)NC2=C(O)CC(N)=NC2=N)cc1F)C(=O)OCC.N=C1N=C(N)CC(O)=C1NC(=O)Nc1cnc(C(=O)N[C@@H](CCC(=O)O)C(=O)O)c(F)c1. The first-order chi connectivity index (χ1) is 43.4. The number of aromatic nitrogens is 3. The minimum absolute atomic E-state index is 0.00492. The second-order valence-electron chi connectivity index (χ2n) is 18.3. The highest BCUT2D eigenvalue weighted by atomic mass is 19.1. The van der Waals surface area contributed by atoms with Gasteiger partial charge in [0, 0.05) is 37.5 Å². The summed E-state index contributed by atoms with van der Waals surface area (Å²) in [6, 6.07) is -3.41. The third kappa shape index (κ3) is 24.4. The van der Waals surface area contributed by atoms with Gasteiger partial charge >= 0.3 is 47.9 Å². The topological polar surface area (TPSA) is 579 Å². The van der Waals surface area contributed by atoms with Crippen molar-refractivity contribution in [2.24, 2.45) is 21.5 Å². The number of urea groups is 2. The van der Waals surface area contributed by atoms with E-state index in [1.54, 1.807) is 27.7 Å². The molecule has 0 unspecified atom stereocenters. The zero-order chi connectivity index (χ0) is 68.9. The number of anilines is 3. The first-order valence-electron chi connectivity index (χ1n) is 27.0. The lowest BCUT2D eigenvalue weighted by atomic mass is 10.1. The number of pyridine rings is 3. The molecule has 3 aromatic rings. The molecule has 19 N–H and O–H groups in total. The van der Waals surface area contributed by atoms with Gasteiger partial charge in [0.1, 0.15) is 52.7 Å². The Balaban J connectivity index is 0.000000367. The van der Waals surface area contributed by atoms with E-state index >= 15 is 0 Å². The standard InChI is InChI=1S/C21H26FN7O7.C17H18FN7O7.C15H20FN3O5/c1-3-35-15(31)6-5-12(20(33)36-4-2)27-19(32)16-11(22)7-10(9-25-16)26-21(34)29-17-13(30)8-14(23)28-18(17)24;18-7-3-6(22-17(32)25-13-9(26)4-10(19)24-14(13)20)5-21-12(7)15(29)23-8(16(30)31)1-2-11(27)28;1-3-23-12(20)6-5-11(15(22)24-4-2)19-14(21)13-10(16)7-9(17)8-18-13/h7,9,12,30H,3-6,8H2,1-2H3,(H,27,32)(H3,23,24,28)(H2,26,29,34);3,5,8,26H,1-2,4H2,(H,23,29)(H,27,28)(H,30,31)(H3,19,20,24)(H2,22,25,32);7-8,11H,3-6,17H2,1-2H3,(H,19,21)/t12-;8-;11-/m000/s1.